The summed E-state index contributed by atoms with van der Waals surface area (Å²) in [6.07, 6.45) is -0.511. The molecule has 0 bridgehead atoms. The summed E-state index contributed by atoms with van der Waals surface area (Å²) >= 11 is 0. The van der Waals surface area contributed by atoms with Crippen LogP contribution >= 0.6 is 0 Å². The Bertz CT molecular complexity index is 748. The van der Waals surface area contributed by atoms with Gasteiger partial charge in [0.15, 0.2) is 0 Å². The number of hydrogen-bond acceptors (Lipinski definition) is 5. The molecule has 2 N–H and O–H groups in total. The number of nitrogens with one attached hydrogen (secondary N) is 2. The van der Waals surface area contributed by atoms with Crippen molar-refractivity contribution >= 4 is 23.4 Å². The number of carbonyl (C=O) groups excluding carboxylic acids is 2. The number of carboxylic acids is 1. The van der Waals surface area contributed by atoms with Crippen molar-refractivity contribution < 1.29 is 19.6 Å². The summed E-state index contributed by atoms with van der Waals surface area (Å²) in [5.74, 6) is -1.38. The number of benzene rings is 2. The van der Waals surface area contributed by atoms with E-state index in [1.54, 1.807) is 30.3 Å². The highest BCUT2D eigenvalue weighted by Gasteiger charge is 2.17. The second kappa shape index (κ2) is 7.73. The predicted octanol–water partition coefficient (Wildman–Crippen LogP) is 1.60. The van der Waals surface area contributed by atoms with Gasteiger partial charge in [0.05, 0.1) is 11.0 Å². The SMILES string of the molecule is O=C([O-])C[C@@H](NC(=O)Nc1ccccc1)c1cccc([N+](=O)[O-])c1. The highest BCUT2D eigenvalue weighted by molar-refractivity contribution is 5.89. The summed E-state index contributed by atoms with van der Waals surface area (Å²) in [5, 5.41) is 26.8. The number of urea groups is 1. The first-order valence-corrected chi connectivity index (χ1v) is 7.02. The van der Waals surface area contributed by atoms with Gasteiger partial charge < -0.3 is 20.5 Å². The Morgan fingerprint density at radius 2 is 1.79 bits per heavy atom. The van der Waals surface area contributed by atoms with Gasteiger partial charge in [-0.05, 0) is 17.7 Å². The van der Waals surface area contributed by atoms with Crippen molar-refractivity contribution in [3.8, 4) is 0 Å². The van der Waals surface area contributed by atoms with E-state index in [1.807, 2.05) is 0 Å². The normalized spacial score (nSPS) is 11.3. The van der Waals surface area contributed by atoms with Crippen molar-refractivity contribution in [2.24, 2.45) is 0 Å². The molecule has 8 nitrogen and oxygen atoms in total. The fourth-order valence-corrected chi connectivity index (χ4v) is 2.12. The molecule has 0 fully saturated rings. The number of hydrogen-bond donors (Lipinski definition) is 2. The van der Waals surface area contributed by atoms with E-state index < -0.39 is 29.4 Å². The molecular formula is C16H14N3O5-. The molecule has 0 saturated carbocycles. The van der Waals surface area contributed by atoms with Crippen LogP contribution in [0.25, 0.3) is 0 Å². The van der Waals surface area contributed by atoms with E-state index in [1.165, 1.54) is 24.3 Å². The maximum atomic E-state index is 12.0. The Hall–Kier alpha value is -3.42. The molecule has 0 heterocycles. The van der Waals surface area contributed by atoms with Crippen LogP contribution in [0.5, 0.6) is 0 Å². The van der Waals surface area contributed by atoms with Crippen molar-refractivity contribution in [3.05, 3.63) is 70.3 Å². The van der Waals surface area contributed by atoms with Gasteiger partial charge in [-0.2, -0.15) is 0 Å². The molecule has 0 radical (unpaired) electrons. The summed E-state index contributed by atoms with van der Waals surface area (Å²) in [6, 6.07) is 12.4. The van der Waals surface area contributed by atoms with Crippen molar-refractivity contribution in [2.45, 2.75) is 12.5 Å². The van der Waals surface area contributed by atoms with E-state index in [2.05, 4.69) is 10.6 Å². The zero-order valence-corrected chi connectivity index (χ0v) is 12.5. The third kappa shape index (κ3) is 4.80. The Labute approximate surface area is 137 Å². The number of para-hydroxylation sites is 1. The lowest BCUT2D eigenvalue weighted by Crippen LogP contribution is -2.36. The number of amides is 2. The van der Waals surface area contributed by atoms with Gasteiger partial charge in [-0.25, -0.2) is 4.79 Å². The van der Waals surface area contributed by atoms with Gasteiger partial charge in [0.2, 0.25) is 0 Å². The molecule has 1 atom stereocenters. The lowest BCUT2D eigenvalue weighted by molar-refractivity contribution is -0.385. The minimum atomic E-state index is -1.38. The third-order valence-electron chi connectivity index (χ3n) is 3.19. The van der Waals surface area contributed by atoms with Crippen LogP contribution in [-0.4, -0.2) is 16.9 Å². The number of anilines is 1. The van der Waals surface area contributed by atoms with Crippen molar-refractivity contribution in [1.82, 2.24) is 5.32 Å². The maximum absolute atomic E-state index is 12.0. The van der Waals surface area contributed by atoms with Gasteiger partial charge in [-0.3, -0.25) is 10.1 Å². The molecule has 0 aliphatic carbocycles. The number of rotatable bonds is 6. The first-order chi connectivity index (χ1) is 11.5. The lowest BCUT2D eigenvalue weighted by Gasteiger charge is -2.20. The monoisotopic (exact) mass is 328 g/mol. The topological polar surface area (TPSA) is 124 Å². The van der Waals surface area contributed by atoms with Crippen LogP contribution in [0.3, 0.4) is 0 Å². The summed E-state index contributed by atoms with van der Waals surface area (Å²) in [7, 11) is 0. The molecule has 0 unspecified atom stereocenters. The summed E-state index contributed by atoms with van der Waals surface area (Å²) < 4.78 is 0. The number of carbonyl (C=O) groups is 2. The summed E-state index contributed by atoms with van der Waals surface area (Å²) in [5.41, 5.74) is 0.638. The molecule has 24 heavy (non-hydrogen) atoms. The molecular weight excluding hydrogens is 314 g/mol. The predicted molar refractivity (Wildman–Crippen MR) is 84.1 cm³/mol. The third-order valence-corrected chi connectivity index (χ3v) is 3.19. The standard InChI is InChI=1S/C16H15N3O5/c20-15(21)10-14(11-5-4-8-13(9-11)19(23)24)18-16(22)17-12-6-2-1-3-7-12/h1-9,14H,10H2,(H,20,21)(H2,17,18,22)/p-1/t14-/m1/s1. The maximum Gasteiger partial charge on any atom is 0.319 e. The zero-order chi connectivity index (χ0) is 17.5. The largest absolute Gasteiger partial charge is 0.550 e. The van der Waals surface area contributed by atoms with E-state index in [0.29, 0.717) is 11.3 Å². The molecule has 0 aromatic heterocycles. The van der Waals surface area contributed by atoms with Crippen molar-refractivity contribution in [3.63, 3.8) is 0 Å². The number of aliphatic carboxylic acids is 1. The molecule has 0 aliphatic rings. The Kier molecular flexibility index (Phi) is 5.45. The molecule has 0 aliphatic heterocycles. The number of nitrogens with zero attached hydrogens (tertiary/aromatic N) is 1. The molecule has 124 valence electrons. The number of non-ortho nitro benzene ring substituents is 1. The van der Waals surface area contributed by atoms with Gasteiger partial charge in [0, 0.05) is 30.2 Å². The van der Waals surface area contributed by atoms with Crippen LogP contribution in [0.4, 0.5) is 16.2 Å². The highest BCUT2D eigenvalue weighted by atomic mass is 16.6. The molecule has 0 saturated heterocycles. The second-order valence-electron chi connectivity index (χ2n) is 4.95. The van der Waals surface area contributed by atoms with Crippen LogP contribution < -0.4 is 15.7 Å². The molecule has 2 aromatic carbocycles. The van der Waals surface area contributed by atoms with Crippen LogP contribution in [0.15, 0.2) is 54.6 Å². The first-order valence-electron chi connectivity index (χ1n) is 7.02. The van der Waals surface area contributed by atoms with Crippen LogP contribution in [0.1, 0.15) is 18.0 Å². The fraction of sp³-hybridized carbons (Fsp3) is 0.125. The van der Waals surface area contributed by atoms with Gasteiger partial charge in [-0.1, -0.05) is 30.3 Å². The molecule has 0 spiro atoms. The van der Waals surface area contributed by atoms with Gasteiger partial charge >= 0.3 is 6.03 Å². The Morgan fingerprint density at radius 3 is 2.42 bits per heavy atom. The van der Waals surface area contributed by atoms with Gasteiger partial charge in [-0.15, -0.1) is 0 Å². The zero-order valence-electron chi connectivity index (χ0n) is 12.5. The van der Waals surface area contributed by atoms with E-state index in [9.17, 15) is 24.8 Å². The molecule has 2 amide bonds. The Morgan fingerprint density at radius 1 is 1.08 bits per heavy atom. The Balaban J connectivity index is 2.16. The molecule has 8 heteroatoms. The fourth-order valence-electron chi connectivity index (χ4n) is 2.12. The lowest BCUT2D eigenvalue weighted by atomic mass is 10.0. The minimum absolute atomic E-state index is 0.193. The number of carboxylic acid groups (broad SMARTS) is 1. The number of nitro benzene ring substituents is 1. The van der Waals surface area contributed by atoms with E-state index >= 15 is 0 Å². The van der Waals surface area contributed by atoms with E-state index in [-0.39, 0.29) is 5.69 Å². The average molecular weight is 328 g/mol. The molecule has 2 rings (SSSR count). The van der Waals surface area contributed by atoms with Crippen LogP contribution in [0, 0.1) is 10.1 Å². The van der Waals surface area contributed by atoms with Crippen LogP contribution in [-0.2, 0) is 4.79 Å². The smallest absolute Gasteiger partial charge is 0.319 e. The van der Waals surface area contributed by atoms with Gasteiger partial charge in [0.25, 0.3) is 5.69 Å². The minimum Gasteiger partial charge on any atom is -0.550 e. The summed E-state index contributed by atoms with van der Waals surface area (Å²) in [4.78, 5) is 33.2. The summed E-state index contributed by atoms with van der Waals surface area (Å²) in [6.45, 7) is 0. The van der Waals surface area contributed by atoms with Crippen molar-refractivity contribution in [2.75, 3.05) is 5.32 Å². The highest BCUT2D eigenvalue weighted by Crippen LogP contribution is 2.21. The number of nitro groups is 1. The molecule has 2 aromatic rings. The quantitative estimate of drug-likeness (QED) is 0.615. The second-order valence-corrected chi connectivity index (χ2v) is 4.95. The first kappa shape index (κ1) is 16.9. The van der Waals surface area contributed by atoms with E-state index in [4.69, 9.17) is 0 Å². The average Bonchev–Trinajstić information content (AvgIpc) is 2.55. The van der Waals surface area contributed by atoms with Crippen LogP contribution in [0.2, 0.25) is 0 Å². The van der Waals surface area contributed by atoms with E-state index in [0.717, 1.165) is 0 Å². The van der Waals surface area contributed by atoms with Gasteiger partial charge in [0.1, 0.15) is 0 Å². The van der Waals surface area contributed by atoms with Crippen molar-refractivity contribution in [1.29, 1.82) is 0 Å².